The summed E-state index contributed by atoms with van der Waals surface area (Å²) >= 11 is 1.54. The van der Waals surface area contributed by atoms with Gasteiger partial charge in [0.05, 0.1) is 0 Å². The molecule has 0 N–H and O–H groups in total. The third kappa shape index (κ3) is 2.50. The van der Waals surface area contributed by atoms with Crippen molar-refractivity contribution in [3.05, 3.63) is 10.4 Å². The van der Waals surface area contributed by atoms with Gasteiger partial charge in [-0.25, -0.2) is 0 Å². The van der Waals surface area contributed by atoms with Crippen LogP contribution >= 0.6 is 0 Å². The Labute approximate surface area is 97.8 Å². The van der Waals surface area contributed by atoms with E-state index in [4.69, 9.17) is 19.7 Å². The van der Waals surface area contributed by atoms with Gasteiger partial charge in [-0.05, 0) is 0 Å². The van der Waals surface area contributed by atoms with Crippen molar-refractivity contribution >= 4 is 18.6 Å². The number of ether oxygens (including phenoxy) is 3. The molecule has 1 unspecified atom stereocenters. The number of hydrogen-bond acceptors (Lipinski definition) is 4. The second-order valence-corrected chi connectivity index (χ2v) is 5.50. The van der Waals surface area contributed by atoms with Crippen LogP contribution in [0.4, 0.5) is 0 Å². The summed E-state index contributed by atoms with van der Waals surface area (Å²) in [5.74, 6) is -0.612. The van der Waals surface area contributed by atoms with E-state index in [1.165, 1.54) is 0 Å². The van der Waals surface area contributed by atoms with E-state index in [1.54, 1.807) is 18.6 Å². The Hall–Kier alpha value is -0.174. The molecule has 80 valence electrons. The molecule has 4 atom stereocenters. The molecular weight excluding hydrogens is 256 g/mol. The molecule has 2 aliphatic heterocycles. The minimum absolute atomic E-state index is 0.102. The van der Waals surface area contributed by atoms with E-state index in [-0.39, 0.29) is 23.0 Å². The topological polar surface area (TPSA) is 79.8 Å². The van der Waals surface area contributed by atoms with Gasteiger partial charge in [0, 0.05) is 0 Å². The summed E-state index contributed by atoms with van der Waals surface area (Å²) in [5, 5.41) is 3.53. The van der Waals surface area contributed by atoms with Gasteiger partial charge >= 0.3 is 97.5 Å². The number of azide groups is 1. The predicted molar refractivity (Wildman–Crippen MR) is 52.3 cm³/mol. The zero-order valence-electron chi connectivity index (χ0n) is 8.66. The summed E-state index contributed by atoms with van der Waals surface area (Å²) in [4.78, 5) is 2.73. The van der Waals surface area contributed by atoms with Crippen LogP contribution in [0.3, 0.4) is 0 Å². The minimum atomic E-state index is -0.612. The fourth-order valence-electron chi connectivity index (χ4n) is 1.80. The number of rotatable bonds is 3. The van der Waals surface area contributed by atoms with E-state index in [0.717, 1.165) is 0 Å². The van der Waals surface area contributed by atoms with Crippen molar-refractivity contribution in [2.24, 2.45) is 5.11 Å². The van der Waals surface area contributed by atoms with Crippen molar-refractivity contribution in [1.29, 1.82) is 0 Å². The van der Waals surface area contributed by atoms with E-state index >= 15 is 0 Å². The van der Waals surface area contributed by atoms with E-state index in [0.29, 0.717) is 6.54 Å². The summed E-state index contributed by atoms with van der Waals surface area (Å²) < 4.78 is 17.0. The Morgan fingerprint density at radius 2 is 2.07 bits per heavy atom. The Bertz CT molecular complexity index is 306. The second kappa shape index (κ2) is 4.01. The van der Waals surface area contributed by atoms with Crippen molar-refractivity contribution in [3.63, 3.8) is 0 Å². The van der Waals surface area contributed by atoms with Crippen molar-refractivity contribution in [2.45, 2.75) is 42.6 Å². The number of nitrogens with zero attached hydrogens (tertiary/aromatic N) is 3. The average molecular weight is 268 g/mol. The quantitative estimate of drug-likeness (QED) is 0.248. The van der Waals surface area contributed by atoms with Crippen LogP contribution in [0.15, 0.2) is 5.11 Å². The number of epoxide rings is 1. The summed E-state index contributed by atoms with van der Waals surface area (Å²) in [6, 6.07) is 0. The molecule has 2 saturated heterocycles. The number of hydrogen-bond donors (Lipinski definition) is 0. The molecule has 0 spiro atoms. The fourth-order valence-corrected chi connectivity index (χ4v) is 2.64. The van der Waals surface area contributed by atoms with Gasteiger partial charge < -0.3 is 0 Å². The van der Waals surface area contributed by atoms with E-state index in [2.05, 4.69) is 10.0 Å². The standard InChI is InChI=1S/C8H12N3O3.Ga/c1-8(2)13-5(3-10-11-9)7(14-8)6-4-12-6;/h4-7H,3H2,1-2H3;/t5-,6-,7-;/m1./s1. The van der Waals surface area contributed by atoms with Crippen LogP contribution in [-0.2, 0) is 14.2 Å². The molecule has 2 fully saturated rings. The molecule has 2 heterocycles. The maximum absolute atomic E-state index is 8.28. The Balaban J connectivity index is 2.02. The first kappa shape index (κ1) is 11.3. The van der Waals surface area contributed by atoms with Gasteiger partial charge in [-0.1, -0.05) is 0 Å². The molecule has 2 radical (unpaired) electrons. The van der Waals surface area contributed by atoms with Crippen LogP contribution in [0.2, 0.25) is 0 Å². The summed E-state index contributed by atoms with van der Waals surface area (Å²) in [5.41, 5.74) is 8.28. The molecule has 2 aliphatic rings. The van der Waals surface area contributed by atoms with E-state index in [1.807, 2.05) is 13.8 Å². The van der Waals surface area contributed by atoms with Crippen molar-refractivity contribution < 1.29 is 14.2 Å². The molecule has 0 aromatic heterocycles. The normalized spacial score (nSPS) is 42.3. The van der Waals surface area contributed by atoms with Crippen molar-refractivity contribution in [1.82, 2.24) is 0 Å². The summed E-state index contributed by atoms with van der Waals surface area (Å²) in [7, 11) is 0. The Morgan fingerprint density at radius 3 is 2.60 bits per heavy atom. The Kier molecular flexibility index (Phi) is 3.02. The van der Waals surface area contributed by atoms with Crippen LogP contribution in [0, 0.1) is 0 Å². The first-order valence-corrected chi connectivity index (χ1v) is 6.21. The second-order valence-electron chi connectivity index (χ2n) is 4.12. The van der Waals surface area contributed by atoms with E-state index < -0.39 is 5.79 Å². The molecule has 6 nitrogen and oxygen atoms in total. The molecule has 2 rings (SSSR count). The molecular formula is C8H12GaN3O3. The van der Waals surface area contributed by atoms with Gasteiger partial charge in [0.2, 0.25) is 0 Å². The molecule has 0 saturated carbocycles. The molecule has 0 amide bonds. The van der Waals surface area contributed by atoms with E-state index in [9.17, 15) is 0 Å². The predicted octanol–water partition coefficient (Wildman–Crippen LogP) is 0.710. The van der Waals surface area contributed by atoms with Gasteiger partial charge in [-0.15, -0.1) is 0 Å². The first-order valence-electron chi connectivity index (χ1n) is 4.81. The van der Waals surface area contributed by atoms with Crippen molar-refractivity contribution in [2.75, 3.05) is 6.54 Å². The van der Waals surface area contributed by atoms with Crippen LogP contribution < -0.4 is 0 Å². The molecule has 0 aromatic rings. The van der Waals surface area contributed by atoms with Crippen LogP contribution in [0.25, 0.3) is 10.4 Å². The zero-order valence-corrected chi connectivity index (χ0v) is 11.1. The fraction of sp³-hybridized carbons (Fsp3) is 1.00. The Morgan fingerprint density at radius 1 is 1.40 bits per heavy atom. The van der Waals surface area contributed by atoms with Gasteiger partial charge in [0.15, 0.2) is 0 Å². The maximum atomic E-state index is 8.28. The monoisotopic (exact) mass is 267 g/mol. The van der Waals surface area contributed by atoms with Crippen LogP contribution in [0.5, 0.6) is 0 Å². The third-order valence-corrected chi connectivity index (χ3v) is 3.56. The first-order chi connectivity index (χ1) is 7.03. The van der Waals surface area contributed by atoms with Crippen LogP contribution in [-0.4, -0.2) is 53.9 Å². The SMILES string of the molecule is CC1(C)O[C@@H]([C@@H]2O[CH]2[Ga])[C@@H](CN=[N+]=[N-])O1. The summed E-state index contributed by atoms with van der Waals surface area (Å²) in [6.07, 6.45) is -0.199. The third-order valence-electron chi connectivity index (χ3n) is 2.43. The van der Waals surface area contributed by atoms with Gasteiger partial charge in [-0.2, -0.15) is 0 Å². The average Bonchev–Trinajstić information content (AvgIpc) is 2.78. The molecule has 0 bridgehead atoms. The molecule has 15 heavy (non-hydrogen) atoms. The molecule has 7 heteroatoms. The molecule has 0 aromatic carbocycles. The van der Waals surface area contributed by atoms with Crippen molar-refractivity contribution in [3.8, 4) is 0 Å². The zero-order chi connectivity index (χ0) is 11.1. The van der Waals surface area contributed by atoms with Gasteiger partial charge in [0.1, 0.15) is 0 Å². The van der Waals surface area contributed by atoms with Crippen LogP contribution in [0.1, 0.15) is 13.8 Å². The van der Waals surface area contributed by atoms with Gasteiger partial charge in [-0.3, -0.25) is 0 Å². The molecule has 0 aliphatic carbocycles. The van der Waals surface area contributed by atoms with Gasteiger partial charge in [0.25, 0.3) is 0 Å². The summed E-state index contributed by atoms with van der Waals surface area (Å²) in [6.45, 7) is 4.01.